The largest absolute Gasteiger partial charge is 0.392 e. The summed E-state index contributed by atoms with van der Waals surface area (Å²) < 4.78 is 14.7. The molecule has 0 aliphatic rings. The van der Waals surface area contributed by atoms with Crippen molar-refractivity contribution in [3.8, 4) is 5.69 Å². The van der Waals surface area contributed by atoms with Gasteiger partial charge in [-0.15, -0.1) is 0 Å². The van der Waals surface area contributed by atoms with Crippen molar-refractivity contribution in [2.75, 3.05) is 6.54 Å². The van der Waals surface area contributed by atoms with Crippen molar-refractivity contribution in [1.29, 1.82) is 0 Å². The van der Waals surface area contributed by atoms with Gasteiger partial charge < -0.3 is 10.4 Å². The fourth-order valence-electron chi connectivity index (χ4n) is 2.89. The third kappa shape index (κ3) is 4.25. The number of carbonyl (C=O) groups excluding carboxylic acids is 1. The summed E-state index contributed by atoms with van der Waals surface area (Å²) in [6, 6.07) is 5.93. The molecule has 1 heterocycles. The zero-order chi connectivity index (χ0) is 18.8. The second kappa shape index (κ2) is 7.35. The van der Waals surface area contributed by atoms with Crippen molar-refractivity contribution in [1.82, 2.24) is 15.1 Å². The van der Waals surface area contributed by atoms with Gasteiger partial charge in [0.2, 0.25) is 0 Å². The second-order valence-corrected chi connectivity index (χ2v) is 7.39. The molecule has 136 valence electrons. The molecule has 0 aliphatic heterocycles. The van der Waals surface area contributed by atoms with Gasteiger partial charge in [-0.3, -0.25) is 4.79 Å². The lowest BCUT2D eigenvalue weighted by atomic mass is 9.80. The van der Waals surface area contributed by atoms with Crippen LogP contribution in [0.2, 0.25) is 0 Å². The average molecular weight is 347 g/mol. The van der Waals surface area contributed by atoms with Crippen molar-refractivity contribution in [3.05, 3.63) is 47.5 Å². The van der Waals surface area contributed by atoms with E-state index in [0.717, 1.165) is 0 Å². The highest BCUT2D eigenvalue weighted by Crippen LogP contribution is 2.25. The van der Waals surface area contributed by atoms with Crippen molar-refractivity contribution >= 4 is 5.91 Å². The van der Waals surface area contributed by atoms with Crippen LogP contribution in [0.1, 0.15) is 43.7 Å². The molecule has 2 N–H and O–H groups in total. The van der Waals surface area contributed by atoms with E-state index >= 15 is 0 Å². The number of nitrogens with zero attached hydrogens (tertiary/aromatic N) is 2. The fourth-order valence-corrected chi connectivity index (χ4v) is 2.89. The van der Waals surface area contributed by atoms with E-state index in [4.69, 9.17) is 0 Å². The fraction of sp³-hybridized carbons (Fsp3) is 0.474. The summed E-state index contributed by atoms with van der Waals surface area (Å²) in [7, 11) is 0. The van der Waals surface area contributed by atoms with Gasteiger partial charge in [-0.05, 0) is 37.1 Å². The van der Waals surface area contributed by atoms with Crippen LogP contribution in [-0.2, 0) is 0 Å². The number of aromatic nitrogens is 2. The van der Waals surface area contributed by atoms with Crippen LogP contribution in [-0.4, -0.2) is 33.4 Å². The Morgan fingerprint density at radius 2 is 1.92 bits per heavy atom. The van der Waals surface area contributed by atoms with Gasteiger partial charge in [0, 0.05) is 12.0 Å². The zero-order valence-corrected chi connectivity index (χ0v) is 15.4. The SMILES string of the molecule is Cc1c(C(=O)NCC(C)(C)C(O)C(C)C)cnn1-c1ccc(F)cc1. The van der Waals surface area contributed by atoms with Crippen molar-refractivity contribution in [2.24, 2.45) is 11.3 Å². The summed E-state index contributed by atoms with van der Waals surface area (Å²) in [5.41, 5.74) is 1.38. The molecule has 25 heavy (non-hydrogen) atoms. The highest BCUT2D eigenvalue weighted by molar-refractivity contribution is 5.95. The lowest BCUT2D eigenvalue weighted by Gasteiger charge is -2.33. The standard InChI is InChI=1S/C19H26FN3O2/c1-12(2)17(24)19(4,5)11-21-18(25)16-10-22-23(13(16)3)15-8-6-14(20)7-9-15/h6-10,12,17,24H,11H2,1-5H3,(H,21,25). The number of carbonyl (C=O) groups is 1. The van der Waals surface area contributed by atoms with E-state index in [1.807, 2.05) is 27.7 Å². The Kier molecular flexibility index (Phi) is 5.62. The second-order valence-electron chi connectivity index (χ2n) is 7.39. The van der Waals surface area contributed by atoms with Gasteiger partial charge in [-0.2, -0.15) is 5.10 Å². The highest BCUT2D eigenvalue weighted by Gasteiger charge is 2.31. The molecule has 1 atom stereocenters. The number of nitrogens with one attached hydrogen (secondary N) is 1. The van der Waals surface area contributed by atoms with Gasteiger partial charge in [0.25, 0.3) is 5.91 Å². The number of halogens is 1. The Bertz CT molecular complexity index is 736. The predicted molar refractivity (Wildman–Crippen MR) is 95.2 cm³/mol. The minimum Gasteiger partial charge on any atom is -0.392 e. The molecular weight excluding hydrogens is 321 g/mol. The van der Waals surface area contributed by atoms with E-state index in [0.29, 0.717) is 23.5 Å². The first-order valence-electron chi connectivity index (χ1n) is 8.40. The first kappa shape index (κ1) is 19.1. The molecule has 0 spiro atoms. The smallest absolute Gasteiger partial charge is 0.254 e. The van der Waals surface area contributed by atoms with Gasteiger partial charge in [-0.1, -0.05) is 27.7 Å². The molecule has 5 nitrogen and oxygen atoms in total. The first-order valence-corrected chi connectivity index (χ1v) is 8.40. The Hall–Kier alpha value is -2.21. The number of aliphatic hydroxyl groups is 1. The molecular formula is C19H26FN3O2. The van der Waals surface area contributed by atoms with Gasteiger partial charge in [0.1, 0.15) is 5.82 Å². The maximum Gasteiger partial charge on any atom is 0.254 e. The van der Waals surface area contributed by atoms with E-state index in [2.05, 4.69) is 10.4 Å². The molecule has 0 saturated heterocycles. The maximum absolute atomic E-state index is 13.1. The summed E-state index contributed by atoms with van der Waals surface area (Å²) >= 11 is 0. The Balaban J connectivity index is 2.12. The van der Waals surface area contributed by atoms with E-state index in [-0.39, 0.29) is 17.6 Å². The lowest BCUT2D eigenvalue weighted by molar-refractivity contribution is 0.0138. The molecule has 2 aromatic rings. The molecule has 0 radical (unpaired) electrons. The van der Waals surface area contributed by atoms with E-state index in [1.165, 1.54) is 18.3 Å². The first-order chi connectivity index (χ1) is 11.6. The molecule has 1 amide bonds. The molecule has 1 aromatic carbocycles. The van der Waals surface area contributed by atoms with Crippen molar-refractivity contribution in [2.45, 2.75) is 40.7 Å². The van der Waals surface area contributed by atoms with Crippen LogP contribution in [0.5, 0.6) is 0 Å². The normalized spacial score (nSPS) is 13.1. The number of benzene rings is 1. The third-order valence-corrected chi connectivity index (χ3v) is 4.46. The van der Waals surface area contributed by atoms with Crippen LogP contribution in [0.3, 0.4) is 0 Å². The number of hydrogen-bond donors (Lipinski definition) is 2. The Morgan fingerprint density at radius 3 is 2.48 bits per heavy atom. The van der Waals surface area contributed by atoms with Gasteiger partial charge >= 0.3 is 0 Å². The molecule has 2 rings (SSSR count). The monoisotopic (exact) mass is 347 g/mol. The predicted octanol–water partition coefficient (Wildman–Crippen LogP) is 3.09. The number of hydrogen-bond acceptors (Lipinski definition) is 3. The van der Waals surface area contributed by atoms with Crippen LogP contribution >= 0.6 is 0 Å². The third-order valence-electron chi connectivity index (χ3n) is 4.46. The van der Waals surface area contributed by atoms with Crippen LogP contribution in [0, 0.1) is 24.1 Å². The van der Waals surface area contributed by atoms with Gasteiger partial charge in [-0.25, -0.2) is 9.07 Å². The summed E-state index contributed by atoms with van der Waals surface area (Å²) in [6.45, 7) is 9.89. The summed E-state index contributed by atoms with van der Waals surface area (Å²) in [5.74, 6) is -0.456. The summed E-state index contributed by atoms with van der Waals surface area (Å²) in [4.78, 5) is 12.5. The quantitative estimate of drug-likeness (QED) is 0.844. The minimum absolute atomic E-state index is 0.106. The molecule has 1 aromatic heterocycles. The lowest BCUT2D eigenvalue weighted by Crippen LogP contribution is -2.43. The van der Waals surface area contributed by atoms with E-state index < -0.39 is 11.5 Å². The summed E-state index contributed by atoms with van der Waals surface area (Å²) in [5, 5.41) is 17.4. The Morgan fingerprint density at radius 1 is 1.32 bits per heavy atom. The summed E-state index contributed by atoms with van der Waals surface area (Å²) in [6.07, 6.45) is 0.982. The number of aliphatic hydroxyl groups excluding tert-OH is 1. The van der Waals surface area contributed by atoms with Crippen LogP contribution in [0.15, 0.2) is 30.5 Å². The number of rotatable bonds is 6. The molecule has 0 aliphatic carbocycles. The maximum atomic E-state index is 13.1. The molecule has 0 fully saturated rings. The minimum atomic E-state index is -0.518. The topological polar surface area (TPSA) is 67.2 Å². The zero-order valence-electron chi connectivity index (χ0n) is 15.4. The van der Waals surface area contributed by atoms with Crippen LogP contribution < -0.4 is 5.32 Å². The molecule has 1 unspecified atom stereocenters. The number of amides is 1. The van der Waals surface area contributed by atoms with Gasteiger partial charge in [0.15, 0.2) is 0 Å². The van der Waals surface area contributed by atoms with Gasteiger partial charge in [0.05, 0.1) is 29.2 Å². The van der Waals surface area contributed by atoms with Crippen molar-refractivity contribution in [3.63, 3.8) is 0 Å². The molecule has 0 saturated carbocycles. The van der Waals surface area contributed by atoms with E-state index in [9.17, 15) is 14.3 Å². The average Bonchev–Trinajstić information content (AvgIpc) is 2.94. The molecule has 6 heteroatoms. The Labute approximate surface area is 147 Å². The van der Waals surface area contributed by atoms with Crippen LogP contribution in [0.25, 0.3) is 5.69 Å². The highest BCUT2D eigenvalue weighted by atomic mass is 19.1. The van der Waals surface area contributed by atoms with E-state index in [1.54, 1.807) is 23.7 Å². The van der Waals surface area contributed by atoms with Crippen molar-refractivity contribution < 1.29 is 14.3 Å². The molecule has 0 bridgehead atoms. The van der Waals surface area contributed by atoms with Crippen LogP contribution in [0.4, 0.5) is 4.39 Å².